The standard InChI is InChI=1S/C20H13F2NO3S/c1-27(24,25)16-6-3-14(4-7-16)17-8-2-13(12-23)10-20(17)26-19-9-5-15(21)11-18(19)22/h2-11H,1H3. The van der Waals surface area contributed by atoms with E-state index in [1.165, 1.54) is 18.2 Å². The van der Waals surface area contributed by atoms with Crippen molar-refractivity contribution in [3.63, 3.8) is 0 Å². The highest BCUT2D eigenvalue weighted by molar-refractivity contribution is 7.90. The van der Waals surface area contributed by atoms with Crippen LogP contribution in [0.15, 0.2) is 65.6 Å². The summed E-state index contributed by atoms with van der Waals surface area (Å²) >= 11 is 0. The lowest BCUT2D eigenvalue weighted by molar-refractivity contribution is 0.439. The number of hydrogen-bond donors (Lipinski definition) is 0. The van der Waals surface area contributed by atoms with E-state index < -0.39 is 21.5 Å². The topological polar surface area (TPSA) is 67.2 Å². The van der Waals surface area contributed by atoms with Gasteiger partial charge in [-0.05, 0) is 48.0 Å². The van der Waals surface area contributed by atoms with E-state index in [9.17, 15) is 17.2 Å². The minimum Gasteiger partial charge on any atom is -0.454 e. The molecule has 0 atom stereocenters. The van der Waals surface area contributed by atoms with Crippen molar-refractivity contribution in [3.05, 3.63) is 77.9 Å². The SMILES string of the molecule is CS(=O)(=O)c1ccc(-c2ccc(C#N)cc2Oc2ccc(F)cc2F)cc1. The second-order valence-corrected chi connectivity index (χ2v) is 7.81. The summed E-state index contributed by atoms with van der Waals surface area (Å²) in [4.78, 5) is 0.159. The summed E-state index contributed by atoms with van der Waals surface area (Å²) < 4.78 is 55.8. The summed E-state index contributed by atoms with van der Waals surface area (Å²) in [7, 11) is -3.34. The first-order valence-electron chi connectivity index (χ1n) is 7.75. The molecule has 3 rings (SSSR count). The molecule has 0 heterocycles. The zero-order valence-corrected chi connectivity index (χ0v) is 14.9. The first-order chi connectivity index (χ1) is 12.8. The predicted octanol–water partition coefficient (Wildman–Crippen LogP) is 4.70. The van der Waals surface area contributed by atoms with E-state index >= 15 is 0 Å². The number of sulfone groups is 1. The molecule has 3 aromatic rings. The summed E-state index contributed by atoms with van der Waals surface area (Å²) in [6.45, 7) is 0. The van der Waals surface area contributed by atoms with Gasteiger partial charge in [0, 0.05) is 17.9 Å². The number of nitriles is 1. The first kappa shape index (κ1) is 18.5. The monoisotopic (exact) mass is 385 g/mol. The third-order valence-electron chi connectivity index (χ3n) is 3.82. The summed E-state index contributed by atoms with van der Waals surface area (Å²) in [5.41, 5.74) is 1.44. The van der Waals surface area contributed by atoms with Gasteiger partial charge in [0.15, 0.2) is 21.4 Å². The molecule has 0 N–H and O–H groups in total. The van der Waals surface area contributed by atoms with E-state index in [1.807, 2.05) is 6.07 Å². The molecule has 0 spiro atoms. The maximum absolute atomic E-state index is 13.9. The maximum atomic E-state index is 13.9. The average Bonchev–Trinajstić information content (AvgIpc) is 2.63. The molecule has 27 heavy (non-hydrogen) atoms. The third kappa shape index (κ3) is 4.13. The molecule has 0 aliphatic rings. The minimum atomic E-state index is -3.34. The summed E-state index contributed by atoms with van der Waals surface area (Å²) in [6, 6.07) is 15.6. The highest BCUT2D eigenvalue weighted by Crippen LogP contribution is 2.35. The number of nitrogens with zero attached hydrogens (tertiary/aromatic N) is 1. The van der Waals surface area contributed by atoms with Crippen molar-refractivity contribution >= 4 is 9.84 Å². The number of ether oxygens (including phenoxy) is 1. The van der Waals surface area contributed by atoms with Crippen LogP contribution in [0, 0.1) is 23.0 Å². The van der Waals surface area contributed by atoms with Gasteiger partial charge in [-0.3, -0.25) is 0 Å². The van der Waals surface area contributed by atoms with E-state index in [0.717, 1.165) is 18.4 Å². The van der Waals surface area contributed by atoms with Crippen molar-refractivity contribution in [3.8, 4) is 28.7 Å². The van der Waals surface area contributed by atoms with E-state index in [2.05, 4.69) is 0 Å². The van der Waals surface area contributed by atoms with Crippen LogP contribution in [0.5, 0.6) is 11.5 Å². The van der Waals surface area contributed by atoms with Gasteiger partial charge in [-0.1, -0.05) is 12.1 Å². The Kier molecular flexibility index (Phi) is 4.93. The second kappa shape index (κ2) is 7.17. The molecular weight excluding hydrogens is 372 g/mol. The van der Waals surface area contributed by atoms with Crippen molar-refractivity contribution in [2.75, 3.05) is 6.26 Å². The fourth-order valence-electron chi connectivity index (χ4n) is 2.47. The molecule has 0 amide bonds. The van der Waals surface area contributed by atoms with E-state index in [1.54, 1.807) is 24.3 Å². The smallest absolute Gasteiger partial charge is 0.175 e. The molecule has 7 heteroatoms. The van der Waals surface area contributed by atoms with Crippen LogP contribution in [-0.4, -0.2) is 14.7 Å². The molecule has 0 aliphatic heterocycles. The molecule has 0 aromatic heterocycles. The van der Waals surface area contributed by atoms with Gasteiger partial charge in [-0.25, -0.2) is 17.2 Å². The lowest BCUT2D eigenvalue weighted by Gasteiger charge is -2.13. The largest absolute Gasteiger partial charge is 0.454 e. The molecule has 0 saturated heterocycles. The Balaban J connectivity index is 2.07. The normalized spacial score (nSPS) is 11.0. The number of halogens is 2. The van der Waals surface area contributed by atoms with Gasteiger partial charge in [-0.15, -0.1) is 0 Å². The Morgan fingerprint density at radius 1 is 0.926 bits per heavy atom. The van der Waals surface area contributed by atoms with Crippen LogP contribution < -0.4 is 4.74 Å². The van der Waals surface area contributed by atoms with Gasteiger partial charge in [0.25, 0.3) is 0 Å². The molecule has 0 fully saturated rings. The van der Waals surface area contributed by atoms with Gasteiger partial charge in [0.1, 0.15) is 11.6 Å². The van der Waals surface area contributed by atoms with Gasteiger partial charge in [-0.2, -0.15) is 5.26 Å². The Hall–Kier alpha value is -3.24. The van der Waals surface area contributed by atoms with Crippen LogP contribution in [-0.2, 0) is 9.84 Å². The molecular formula is C20H13F2NO3S. The van der Waals surface area contributed by atoms with Crippen molar-refractivity contribution in [1.82, 2.24) is 0 Å². The second-order valence-electron chi connectivity index (χ2n) is 5.80. The molecule has 0 aliphatic carbocycles. The van der Waals surface area contributed by atoms with Gasteiger partial charge in [0.05, 0.1) is 16.5 Å². The summed E-state index contributed by atoms with van der Waals surface area (Å²) in [5.74, 6) is -1.62. The fourth-order valence-corrected chi connectivity index (χ4v) is 3.10. The average molecular weight is 385 g/mol. The minimum absolute atomic E-state index is 0.159. The van der Waals surface area contributed by atoms with Crippen LogP contribution in [0.3, 0.4) is 0 Å². The van der Waals surface area contributed by atoms with E-state index in [-0.39, 0.29) is 16.4 Å². The highest BCUT2D eigenvalue weighted by Gasteiger charge is 2.14. The molecule has 0 saturated carbocycles. The van der Waals surface area contributed by atoms with Gasteiger partial charge < -0.3 is 4.74 Å². The Bertz CT molecular complexity index is 1150. The number of rotatable bonds is 4. The van der Waals surface area contributed by atoms with Crippen molar-refractivity contribution < 1.29 is 21.9 Å². The molecule has 0 bridgehead atoms. The predicted molar refractivity (Wildman–Crippen MR) is 96.1 cm³/mol. The number of hydrogen-bond acceptors (Lipinski definition) is 4. The van der Waals surface area contributed by atoms with Crippen molar-refractivity contribution in [2.24, 2.45) is 0 Å². The van der Waals surface area contributed by atoms with Gasteiger partial charge >= 0.3 is 0 Å². The highest BCUT2D eigenvalue weighted by atomic mass is 32.2. The quantitative estimate of drug-likeness (QED) is 0.653. The molecule has 4 nitrogen and oxygen atoms in total. The zero-order chi connectivity index (χ0) is 19.6. The van der Waals surface area contributed by atoms with Crippen LogP contribution in [0.2, 0.25) is 0 Å². The van der Waals surface area contributed by atoms with Crippen molar-refractivity contribution in [1.29, 1.82) is 5.26 Å². The lowest BCUT2D eigenvalue weighted by Crippen LogP contribution is -1.97. The molecule has 0 radical (unpaired) electrons. The fraction of sp³-hybridized carbons (Fsp3) is 0.0500. The first-order valence-corrected chi connectivity index (χ1v) is 9.64. The van der Waals surface area contributed by atoms with Crippen LogP contribution in [0.25, 0.3) is 11.1 Å². The number of benzene rings is 3. The van der Waals surface area contributed by atoms with Gasteiger partial charge in [0.2, 0.25) is 0 Å². The lowest BCUT2D eigenvalue weighted by atomic mass is 10.0. The van der Waals surface area contributed by atoms with E-state index in [4.69, 9.17) is 10.00 Å². The van der Waals surface area contributed by atoms with Crippen LogP contribution in [0.4, 0.5) is 8.78 Å². The van der Waals surface area contributed by atoms with Crippen LogP contribution in [0.1, 0.15) is 5.56 Å². The summed E-state index contributed by atoms with van der Waals surface area (Å²) in [5, 5.41) is 9.11. The van der Waals surface area contributed by atoms with Crippen molar-refractivity contribution in [2.45, 2.75) is 4.90 Å². The Morgan fingerprint density at radius 3 is 2.22 bits per heavy atom. The molecule has 0 unspecified atom stereocenters. The Labute approximate surface area is 155 Å². The van der Waals surface area contributed by atoms with Crippen LogP contribution >= 0.6 is 0 Å². The van der Waals surface area contributed by atoms with E-state index in [0.29, 0.717) is 22.8 Å². The molecule has 3 aromatic carbocycles. The maximum Gasteiger partial charge on any atom is 0.175 e. The Morgan fingerprint density at radius 2 is 1.63 bits per heavy atom. The summed E-state index contributed by atoms with van der Waals surface area (Å²) in [6.07, 6.45) is 1.11. The molecule has 136 valence electrons. The third-order valence-corrected chi connectivity index (χ3v) is 4.95. The zero-order valence-electron chi connectivity index (χ0n) is 14.1.